The van der Waals surface area contributed by atoms with Crippen molar-refractivity contribution in [2.24, 2.45) is 5.41 Å². The Hall–Kier alpha value is -2.54. The molecule has 3 aliphatic heterocycles. The van der Waals surface area contributed by atoms with E-state index in [4.69, 9.17) is 4.74 Å². The SMILES string of the molecule is CC1(CCN2CCCCC2COc2ccc3c(c2)C(=O)NC3)C=CNC1(C)C(=O)O. The van der Waals surface area contributed by atoms with Gasteiger partial charge in [0.15, 0.2) is 0 Å². The number of carbonyl (C=O) groups is 2. The Morgan fingerprint density at radius 2 is 2.17 bits per heavy atom. The maximum Gasteiger partial charge on any atom is 0.329 e. The number of benzene rings is 1. The monoisotopic (exact) mass is 413 g/mol. The summed E-state index contributed by atoms with van der Waals surface area (Å²) >= 11 is 0. The number of likely N-dealkylation sites (tertiary alicyclic amines) is 1. The number of carboxylic acids is 1. The van der Waals surface area contributed by atoms with Crippen LogP contribution < -0.4 is 15.4 Å². The third-order valence-corrected chi connectivity index (χ3v) is 7.27. The number of carboxylic acid groups (broad SMARTS) is 1. The molecule has 0 saturated carbocycles. The van der Waals surface area contributed by atoms with Gasteiger partial charge in [-0.05, 0) is 63.2 Å². The van der Waals surface area contributed by atoms with Crippen LogP contribution in [-0.2, 0) is 11.3 Å². The van der Waals surface area contributed by atoms with Crippen LogP contribution in [0.1, 0.15) is 55.5 Å². The molecule has 0 bridgehead atoms. The molecule has 0 aromatic heterocycles. The summed E-state index contributed by atoms with van der Waals surface area (Å²) in [5, 5.41) is 15.6. The summed E-state index contributed by atoms with van der Waals surface area (Å²) in [7, 11) is 0. The molecule has 162 valence electrons. The normalized spacial score (nSPS) is 30.6. The van der Waals surface area contributed by atoms with Crippen LogP contribution in [0.5, 0.6) is 5.75 Å². The Bertz CT molecular complexity index is 870. The molecule has 0 spiro atoms. The van der Waals surface area contributed by atoms with E-state index in [1.807, 2.05) is 31.2 Å². The van der Waals surface area contributed by atoms with E-state index in [9.17, 15) is 14.7 Å². The zero-order valence-electron chi connectivity index (χ0n) is 17.7. The van der Waals surface area contributed by atoms with Crippen LogP contribution in [0, 0.1) is 5.41 Å². The molecule has 0 aliphatic carbocycles. The van der Waals surface area contributed by atoms with E-state index < -0.39 is 16.9 Å². The number of carbonyl (C=O) groups excluding carboxylic acids is 1. The standard InChI is InChI=1S/C23H31N3O4/c1-22(8-10-25-23(22,2)21(28)29)9-12-26-11-4-3-5-17(26)15-30-18-7-6-16-14-24-20(27)19(16)13-18/h6-8,10,13,17,25H,3-5,9,11-12,14-15H2,1-2H3,(H,24,27)(H,28,29). The average molecular weight is 414 g/mol. The van der Waals surface area contributed by atoms with Crippen molar-refractivity contribution in [3.8, 4) is 5.75 Å². The Morgan fingerprint density at radius 3 is 2.97 bits per heavy atom. The Balaban J connectivity index is 1.38. The Labute approximate surface area is 177 Å². The van der Waals surface area contributed by atoms with Gasteiger partial charge in [-0.15, -0.1) is 0 Å². The largest absolute Gasteiger partial charge is 0.492 e. The highest BCUT2D eigenvalue weighted by Gasteiger charge is 2.51. The number of rotatable bonds is 7. The average Bonchev–Trinajstić information content (AvgIpc) is 3.26. The highest BCUT2D eigenvalue weighted by atomic mass is 16.5. The first-order valence-corrected chi connectivity index (χ1v) is 10.8. The zero-order valence-corrected chi connectivity index (χ0v) is 17.7. The van der Waals surface area contributed by atoms with Crippen LogP contribution in [0.15, 0.2) is 30.5 Å². The van der Waals surface area contributed by atoms with Gasteiger partial charge in [-0.25, -0.2) is 4.79 Å². The molecular weight excluding hydrogens is 382 g/mol. The fourth-order valence-electron chi connectivity index (χ4n) is 4.76. The van der Waals surface area contributed by atoms with Crippen LogP contribution in [-0.4, -0.2) is 53.2 Å². The number of hydrogen-bond acceptors (Lipinski definition) is 5. The predicted molar refractivity (Wildman–Crippen MR) is 113 cm³/mol. The van der Waals surface area contributed by atoms with Gasteiger partial charge in [0.25, 0.3) is 5.91 Å². The number of hydrogen-bond donors (Lipinski definition) is 3. The number of nitrogens with one attached hydrogen (secondary N) is 2. The van der Waals surface area contributed by atoms with E-state index in [1.165, 1.54) is 6.42 Å². The number of fused-ring (bicyclic) bond motifs is 1. The number of piperidine rings is 1. The summed E-state index contributed by atoms with van der Waals surface area (Å²) in [5.74, 6) is -0.137. The van der Waals surface area contributed by atoms with Crippen molar-refractivity contribution in [2.75, 3.05) is 19.7 Å². The molecule has 3 aliphatic rings. The van der Waals surface area contributed by atoms with Crippen molar-refractivity contribution in [2.45, 2.75) is 57.7 Å². The topological polar surface area (TPSA) is 90.9 Å². The molecule has 4 rings (SSSR count). The van der Waals surface area contributed by atoms with Gasteiger partial charge in [0.05, 0.1) is 0 Å². The second-order valence-corrected chi connectivity index (χ2v) is 9.07. The van der Waals surface area contributed by atoms with E-state index >= 15 is 0 Å². The lowest BCUT2D eigenvalue weighted by molar-refractivity contribution is -0.147. The van der Waals surface area contributed by atoms with Crippen LogP contribution >= 0.6 is 0 Å². The third kappa shape index (κ3) is 3.67. The Kier molecular flexibility index (Phi) is 5.49. The first-order valence-electron chi connectivity index (χ1n) is 10.8. The van der Waals surface area contributed by atoms with Gasteiger partial charge in [0.1, 0.15) is 17.9 Å². The first-order chi connectivity index (χ1) is 14.3. The van der Waals surface area contributed by atoms with Gasteiger partial charge < -0.3 is 20.5 Å². The molecule has 3 unspecified atom stereocenters. The van der Waals surface area contributed by atoms with E-state index in [1.54, 1.807) is 13.1 Å². The second-order valence-electron chi connectivity index (χ2n) is 9.07. The minimum absolute atomic E-state index is 0.0392. The third-order valence-electron chi connectivity index (χ3n) is 7.27. The first kappa shape index (κ1) is 20.7. The second kappa shape index (κ2) is 7.95. The van der Waals surface area contributed by atoms with Crippen LogP contribution in [0.4, 0.5) is 0 Å². The van der Waals surface area contributed by atoms with Crippen molar-refractivity contribution in [3.63, 3.8) is 0 Å². The molecule has 7 heteroatoms. The van der Waals surface area contributed by atoms with Gasteiger partial charge in [-0.1, -0.05) is 25.5 Å². The molecule has 1 amide bonds. The van der Waals surface area contributed by atoms with Gasteiger partial charge >= 0.3 is 5.97 Å². The van der Waals surface area contributed by atoms with Crippen LogP contribution in [0.25, 0.3) is 0 Å². The molecule has 30 heavy (non-hydrogen) atoms. The minimum atomic E-state index is -0.986. The Morgan fingerprint density at radius 1 is 1.33 bits per heavy atom. The summed E-state index contributed by atoms with van der Waals surface area (Å²) in [5.41, 5.74) is 0.281. The maximum atomic E-state index is 11.9. The van der Waals surface area contributed by atoms with Crippen molar-refractivity contribution in [1.29, 1.82) is 0 Å². The minimum Gasteiger partial charge on any atom is -0.492 e. The number of ether oxygens (including phenoxy) is 1. The molecule has 1 saturated heterocycles. The van der Waals surface area contributed by atoms with E-state index in [0.29, 0.717) is 24.8 Å². The number of nitrogens with zero attached hydrogens (tertiary/aromatic N) is 1. The van der Waals surface area contributed by atoms with Gasteiger partial charge in [-0.2, -0.15) is 0 Å². The van der Waals surface area contributed by atoms with Crippen molar-refractivity contribution < 1.29 is 19.4 Å². The maximum absolute atomic E-state index is 11.9. The van der Waals surface area contributed by atoms with E-state index in [-0.39, 0.29) is 5.91 Å². The van der Waals surface area contributed by atoms with E-state index in [0.717, 1.165) is 43.7 Å². The van der Waals surface area contributed by atoms with Crippen LogP contribution in [0.2, 0.25) is 0 Å². The highest BCUT2D eigenvalue weighted by Crippen LogP contribution is 2.40. The lowest BCUT2D eigenvalue weighted by Gasteiger charge is -2.41. The van der Waals surface area contributed by atoms with Crippen molar-refractivity contribution >= 4 is 11.9 Å². The molecular formula is C23H31N3O4. The predicted octanol–water partition coefficient (Wildman–Crippen LogP) is 2.52. The molecule has 1 aromatic carbocycles. The van der Waals surface area contributed by atoms with Crippen LogP contribution in [0.3, 0.4) is 0 Å². The molecule has 7 nitrogen and oxygen atoms in total. The van der Waals surface area contributed by atoms with Crippen molar-refractivity contribution in [3.05, 3.63) is 41.6 Å². The lowest BCUT2D eigenvalue weighted by Crippen LogP contribution is -2.56. The molecule has 3 N–H and O–H groups in total. The highest BCUT2D eigenvalue weighted by molar-refractivity contribution is 5.98. The molecule has 1 aromatic rings. The van der Waals surface area contributed by atoms with E-state index in [2.05, 4.69) is 15.5 Å². The van der Waals surface area contributed by atoms with Gasteiger partial charge in [0.2, 0.25) is 0 Å². The molecule has 3 heterocycles. The lowest BCUT2D eigenvalue weighted by atomic mass is 9.71. The summed E-state index contributed by atoms with van der Waals surface area (Å²) in [6, 6.07) is 6.01. The zero-order chi connectivity index (χ0) is 21.4. The smallest absolute Gasteiger partial charge is 0.329 e. The summed E-state index contributed by atoms with van der Waals surface area (Å²) in [6.45, 7) is 6.76. The molecule has 1 fully saturated rings. The number of aliphatic carboxylic acids is 1. The van der Waals surface area contributed by atoms with Gasteiger partial charge in [-0.3, -0.25) is 9.69 Å². The summed E-state index contributed by atoms with van der Waals surface area (Å²) in [4.78, 5) is 26.2. The molecule has 0 radical (unpaired) electrons. The fraction of sp³-hybridized carbons (Fsp3) is 0.565. The summed E-state index contributed by atoms with van der Waals surface area (Å²) in [6.07, 6.45) is 7.90. The quantitative estimate of drug-likeness (QED) is 0.636. The summed E-state index contributed by atoms with van der Waals surface area (Å²) < 4.78 is 6.08. The van der Waals surface area contributed by atoms with Crippen molar-refractivity contribution in [1.82, 2.24) is 15.5 Å². The number of amides is 1. The fourth-order valence-corrected chi connectivity index (χ4v) is 4.76. The molecule has 3 atom stereocenters. The van der Waals surface area contributed by atoms with Gasteiger partial charge in [0, 0.05) is 23.6 Å².